The Hall–Kier alpha value is -2.14. The number of rotatable bonds is 6. The third kappa shape index (κ3) is 5.12. The van der Waals surface area contributed by atoms with Gasteiger partial charge in [0, 0.05) is 29.2 Å². The summed E-state index contributed by atoms with van der Waals surface area (Å²) in [4.78, 5) is 2.45. The van der Waals surface area contributed by atoms with E-state index in [1.165, 1.54) is 33.1 Å². The van der Waals surface area contributed by atoms with Crippen LogP contribution in [0.5, 0.6) is 0 Å². The molecule has 0 radical (unpaired) electrons. The summed E-state index contributed by atoms with van der Waals surface area (Å²) in [7, 11) is 1.71. The van der Waals surface area contributed by atoms with Gasteiger partial charge in [-0.2, -0.15) is 0 Å². The van der Waals surface area contributed by atoms with E-state index >= 15 is 0 Å². The highest BCUT2D eigenvalue weighted by Crippen LogP contribution is 2.35. The van der Waals surface area contributed by atoms with Crippen molar-refractivity contribution in [3.63, 3.8) is 0 Å². The molecular formula is C26H27FO2S. The maximum Gasteiger partial charge on any atom is 0.157 e. The van der Waals surface area contributed by atoms with Crippen molar-refractivity contribution in [2.45, 2.75) is 47.7 Å². The normalized spacial score (nSPS) is 20.1. The Morgan fingerprint density at radius 3 is 2.37 bits per heavy atom. The van der Waals surface area contributed by atoms with Crippen molar-refractivity contribution in [1.82, 2.24) is 0 Å². The van der Waals surface area contributed by atoms with Crippen LogP contribution in [-0.2, 0) is 9.47 Å². The average molecular weight is 423 g/mol. The van der Waals surface area contributed by atoms with Crippen molar-refractivity contribution >= 4 is 11.8 Å². The quantitative estimate of drug-likeness (QED) is 0.426. The Bertz CT molecular complexity index is 956. The number of benzene rings is 3. The van der Waals surface area contributed by atoms with E-state index in [0.717, 1.165) is 25.0 Å². The minimum Gasteiger partial charge on any atom is -0.356 e. The second kappa shape index (κ2) is 9.78. The molecule has 0 aromatic heterocycles. The minimum atomic E-state index is -0.196. The maximum atomic E-state index is 13.2. The topological polar surface area (TPSA) is 18.5 Å². The van der Waals surface area contributed by atoms with E-state index in [0.29, 0.717) is 5.92 Å². The van der Waals surface area contributed by atoms with Crippen LogP contribution in [0.4, 0.5) is 4.39 Å². The standard InChI is InChI=1S/C26H27FO2S/c1-18(19-6-10-23(27)11-7-19)20-8-12-24(13-9-20)30-25-5-3-4-21(16-25)22-14-15-29-26(17-22)28-2/h3-13,16,18,22,26H,14-15,17H2,1-2H3. The van der Waals surface area contributed by atoms with Crippen LogP contribution in [0.25, 0.3) is 0 Å². The van der Waals surface area contributed by atoms with Gasteiger partial charge >= 0.3 is 0 Å². The van der Waals surface area contributed by atoms with Gasteiger partial charge < -0.3 is 9.47 Å². The molecule has 0 aliphatic carbocycles. The van der Waals surface area contributed by atoms with Gasteiger partial charge in [0.2, 0.25) is 0 Å². The summed E-state index contributed by atoms with van der Waals surface area (Å²) in [5.41, 5.74) is 3.70. The lowest BCUT2D eigenvalue weighted by Gasteiger charge is -2.29. The fourth-order valence-corrected chi connectivity index (χ4v) is 4.85. The van der Waals surface area contributed by atoms with Gasteiger partial charge in [-0.05, 0) is 65.4 Å². The molecule has 1 aliphatic heterocycles. The second-order valence-electron chi connectivity index (χ2n) is 7.77. The zero-order valence-electron chi connectivity index (χ0n) is 17.4. The van der Waals surface area contributed by atoms with Crippen LogP contribution < -0.4 is 0 Å². The van der Waals surface area contributed by atoms with Crippen molar-refractivity contribution in [2.75, 3.05) is 13.7 Å². The van der Waals surface area contributed by atoms with Crippen molar-refractivity contribution in [1.29, 1.82) is 0 Å². The van der Waals surface area contributed by atoms with E-state index in [1.807, 2.05) is 12.1 Å². The number of hydrogen-bond donors (Lipinski definition) is 0. The Morgan fingerprint density at radius 2 is 1.67 bits per heavy atom. The average Bonchev–Trinajstić information content (AvgIpc) is 2.80. The minimum absolute atomic E-state index is 0.101. The largest absolute Gasteiger partial charge is 0.356 e. The van der Waals surface area contributed by atoms with Crippen LogP contribution in [0.1, 0.15) is 48.3 Å². The van der Waals surface area contributed by atoms with Crippen LogP contribution in [-0.4, -0.2) is 20.0 Å². The van der Waals surface area contributed by atoms with E-state index in [4.69, 9.17) is 9.47 Å². The number of halogens is 1. The Morgan fingerprint density at radius 1 is 0.967 bits per heavy atom. The Balaban J connectivity index is 1.44. The van der Waals surface area contributed by atoms with Crippen LogP contribution in [0.2, 0.25) is 0 Å². The molecule has 1 saturated heterocycles. The highest BCUT2D eigenvalue weighted by Gasteiger charge is 2.23. The Kier molecular flexibility index (Phi) is 6.88. The molecule has 2 nitrogen and oxygen atoms in total. The van der Waals surface area contributed by atoms with Crippen molar-refractivity contribution in [3.05, 3.63) is 95.3 Å². The summed E-state index contributed by atoms with van der Waals surface area (Å²) in [5.74, 6) is 0.511. The van der Waals surface area contributed by atoms with Gasteiger partial charge in [-0.1, -0.05) is 55.1 Å². The number of hydrogen-bond acceptors (Lipinski definition) is 3. The summed E-state index contributed by atoms with van der Waals surface area (Å²) in [6, 6.07) is 24.2. The molecule has 1 fully saturated rings. The van der Waals surface area contributed by atoms with Crippen LogP contribution in [0.15, 0.2) is 82.6 Å². The summed E-state index contributed by atoms with van der Waals surface area (Å²) in [5, 5.41) is 0. The zero-order chi connectivity index (χ0) is 20.9. The zero-order valence-corrected chi connectivity index (χ0v) is 18.2. The van der Waals surface area contributed by atoms with Gasteiger partial charge in [0.1, 0.15) is 5.82 Å². The number of ether oxygens (including phenoxy) is 2. The molecule has 1 heterocycles. The molecule has 3 aromatic rings. The van der Waals surface area contributed by atoms with Crippen molar-refractivity contribution in [2.24, 2.45) is 0 Å². The van der Waals surface area contributed by atoms with Crippen LogP contribution in [0, 0.1) is 5.82 Å². The first-order chi connectivity index (χ1) is 14.6. The lowest BCUT2D eigenvalue weighted by molar-refractivity contribution is -0.150. The summed E-state index contributed by atoms with van der Waals surface area (Å²) in [6.45, 7) is 2.90. The smallest absolute Gasteiger partial charge is 0.157 e. The van der Waals surface area contributed by atoms with E-state index in [2.05, 4.69) is 55.5 Å². The first kappa shape index (κ1) is 21.1. The fourth-order valence-electron chi connectivity index (χ4n) is 3.96. The molecule has 30 heavy (non-hydrogen) atoms. The lowest BCUT2D eigenvalue weighted by Crippen LogP contribution is -2.25. The molecule has 0 bridgehead atoms. The van der Waals surface area contributed by atoms with E-state index in [9.17, 15) is 4.39 Å². The summed E-state index contributed by atoms with van der Waals surface area (Å²) >= 11 is 1.78. The van der Waals surface area contributed by atoms with Crippen LogP contribution in [0.3, 0.4) is 0 Å². The molecule has 3 aromatic carbocycles. The molecule has 4 rings (SSSR count). The highest BCUT2D eigenvalue weighted by molar-refractivity contribution is 7.99. The first-order valence-electron chi connectivity index (χ1n) is 10.4. The molecular weight excluding hydrogens is 395 g/mol. The number of methoxy groups -OCH3 is 1. The van der Waals surface area contributed by atoms with Crippen molar-refractivity contribution < 1.29 is 13.9 Å². The van der Waals surface area contributed by atoms with Gasteiger partial charge in [-0.15, -0.1) is 0 Å². The van der Waals surface area contributed by atoms with E-state index in [1.54, 1.807) is 18.9 Å². The lowest BCUT2D eigenvalue weighted by atomic mass is 9.91. The monoisotopic (exact) mass is 422 g/mol. The van der Waals surface area contributed by atoms with Gasteiger partial charge in [0.15, 0.2) is 6.29 Å². The van der Waals surface area contributed by atoms with Crippen LogP contribution >= 0.6 is 11.8 Å². The SMILES string of the molecule is COC1CC(c2cccc(Sc3ccc(C(C)c4ccc(F)cc4)cc3)c2)CCO1. The van der Waals surface area contributed by atoms with Crippen molar-refractivity contribution in [3.8, 4) is 0 Å². The van der Waals surface area contributed by atoms with E-state index in [-0.39, 0.29) is 18.0 Å². The first-order valence-corrected chi connectivity index (χ1v) is 11.2. The Labute approximate surface area is 182 Å². The molecule has 0 spiro atoms. The molecule has 0 amide bonds. The van der Waals surface area contributed by atoms with E-state index < -0.39 is 0 Å². The predicted octanol–water partition coefficient (Wildman–Crippen LogP) is 7.00. The second-order valence-corrected chi connectivity index (χ2v) is 8.92. The fraction of sp³-hybridized carbons (Fsp3) is 0.308. The molecule has 0 saturated carbocycles. The van der Waals surface area contributed by atoms with Gasteiger partial charge in [-0.25, -0.2) is 4.39 Å². The van der Waals surface area contributed by atoms with Gasteiger partial charge in [-0.3, -0.25) is 0 Å². The molecule has 0 N–H and O–H groups in total. The molecule has 3 unspecified atom stereocenters. The highest BCUT2D eigenvalue weighted by atomic mass is 32.2. The van der Waals surface area contributed by atoms with Gasteiger partial charge in [0.05, 0.1) is 6.61 Å². The summed E-state index contributed by atoms with van der Waals surface area (Å²) in [6.07, 6.45) is 1.83. The maximum absolute atomic E-state index is 13.2. The van der Waals surface area contributed by atoms with Gasteiger partial charge in [0.25, 0.3) is 0 Å². The third-order valence-corrected chi connectivity index (χ3v) is 6.82. The summed E-state index contributed by atoms with van der Waals surface area (Å²) < 4.78 is 24.2. The molecule has 1 aliphatic rings. The molecule has 3 atom stereocenters. The molecule has 4 heteroatoms. The predicted molar refractivity (Wildman–Crippen MR) is 120 cm³/mol. The molecule has 156 valence electrons. The third-order valence-electron chi connectivity index (χ3n) is 5.83.